The highest BCUT2D eigenvalue weighted by molar-refractivity contribution is 6.03. The number of para-hydroxylation sites is 1. The first-order valence-electron chi connectivity index (χ1n) is 6.26. The van der Waals surface area contributed by atoms with Crippen LogP contribution in [0.15, 0.2) is 42.7 Å². The van der Waals surface area contributed by atoms with Crippen LogP contribution in [-0.4, -0.2) is 21.9 Å². The van der Waals surface area contributed by atoms with Gasteiger partial charge in [-0.1, -0.05) is 18.2 Å². The van der Waals surface area contributed by atoms with Crippen molar-refractivity contribution in [3.05, 3.63) is 48.3 Å². The Labute approximate surface area is 111 Å². The number of aromatic nitrogens is 2. The fraction of sp³-hybridized carbons (Fsp3) is 0.214. The summed E-state index contributed by atoms with van der Waals surface area (Å²) >= 11 is 0. The molecule has 19 heavy (non-hydrogen) atoms. The van der Waals surface area contributed by atoms with Crippen molar-refractivity contribution in [2.75, 3.05) is 10.6 Å². The fourth-order valence-corrected chi connectivity index (χ4v) is 1.65. The lowest BCUT2D eigenvalue weighted by Crippen LogP contribution is -2.13. The van der Waals surface area contributed by atoms with E-state index in [1.54, 1.807) is 0 Å². The number of carbonyl (C=O) groups excluding carboxylic acids is 1. The van der Waals surface area contributed by atoms with Crippen molar-refractivity contribution < 1.29 is 4.79 Å². The molecule has 1 heterocycles. The molecule has 0 aliphatic heterocycles. The van der Waals surface area contributed by atoms with E-state index in [0.717, 1.165) is 5.69 Å². The van der Waals surface area contributed by atoms with Gasteiger partial charge >= 0.3 is 0 Å². The van der Waals surface area contributed by atoms with Crippen molar-refractivity contribution >= 4 is 17.5 Å². The van der Waals surface area contributed by atoms with Crippen molar-refractivity contribution in [1.29, 1.82) is 0 Å². The van der Waals surface area contributed by atoms with Gasteiger partial charge in [0, 0.05) is 24.1 Å². The highest BCUT2D eigenvalue weighted by Crippen LogP contribution is 2.22. The molecule has 0 saturated heterocycles. The van der Waals surface area contributed by atoms with Crippen LogP contribution in [0.4, 0.5) is 11.6 Å². The molecule has 0 spiro atoms. The quantitative estimate of drug-likeness (QED) is 0.878. The maximum absolute atomic E-state index is 11.9. The number of nitrogens with zero attached hydrogens (tertiary/aromatic N) is 2. The van der Waals surface area contributed by atoms with Crippen LogP contribution in [0.2, 0.25) is 0 Å². The van der Waals surface area contributed by atoms with Gasteiger partial charge < -0.3 is 10.6 Å². The number of hydrogen-bond acceptors (Lipinski definition) is 4. The van der Waals surface area contributed by atoms with Gasteiger partial charge in [0.1, 0.15) is 0 Å². The van der Waals surface area contributed by atoms with Crippen molar-refractivity contribution in [2.24, 2.45) is 0 Å². The first kappa shape index (κ1) is 11.6. The Morgan fingerprint density at radius 3 is 2.42 bits per heavy atom. The Morgan fingerprint density at radius 2 is 1.79 bits per heavy atom. The lowest BCUT2D eigenvalue weighted by atomic mass is 10.3. The van der Waals surface area contributed by atoms with Crippen LogP contribution in [0.25, 0.3) is 0 Å². The molecule has 5 nitrogen and oxygen atoms in total. The molecule has 2 aromatic rings. The standard InChI is InChI=1S/C14H14N4O/c19-13(17-11-4-2-1-3-5-11)10-8-15-14(16-9-10)18-12-6-7-12/h1-5,8-9,12H,6-7H2,(H,17,19)(H,15,16,18). The van der Waals surface area contributed by atoms with E-state index < -0.39 is 0 Å². The Kier molecular flexibility index (Phi) is 3.10. The van der Waals surface area contributed by atoms with E-state index in [4.69, 9.17) is 0 Å². The number of hydrogen-bond donors (Lipinski definition) is 2. The lowest BCUT2D eigenvalue weighted by Gasteiger charge is -2.05. The number of carbonyl (C=O) groups is 1. The van der Waals surface area contributed by atoms with Crippen LogP contribution in [0.3, 0.4) is 0 Å². The van der Waals surface area contributed by atoms with Gasteiger partial charge in [-0.3, -0.25) is 4.79 Å². The largest absolute Gasteiger partial charge is 0.351 e. The molecule has 0 radical (unpaired) electrons. The summed E-state index contributed by atoms with van der Waals surface area (Å²) in [4.78, 5) is 20.2. The number of nitrogens with one attached hydrogen (secondary N) is 2. The minimum atomic E-state index is -0.204. The van der Waals surface area contributed by atoms with E-state index in [0.29, 0.717) is 17.6 Å². The number of amides is 1. The molecule has 96 valence electrons. The smallest absolute Gasteiger partial charge is 0.258 e. The summed E-state index contributed by atoms with van der Waals surface area (Å²) < 4.78 is 0. The van der Waals surface area contributed by atoms with Crippen LogP contribution < -0.4 is 10.6 Å². The second kappa shape index (κ2) is 5.06. The van der Waals surface area contributed by atoms with Gasteiger partial charge in [-0.2, -0.15) is 0 Å². The van der Waals surface area contributed by atoms with E-state index in [-0.39, 0.29) is 5.91 Å². The summed E-state index contributed by atoms with van der Waals surface area (Å²) in [6.07, 6.45) is 5.41. The molecule has 0 atom stereocenters. The third-order valence-corrected chi connectivity index (χ3v) is 2.86. The molecule has 1 aliphatic carbocycles. The van der Waals surface area contributed by atoms with E-state index >= 15 is 0 Å². The lowest BCUT2D eigenvalue weighted by molar-refractivity contribution is 0.102. The normalized spacial score (nSPS) is 13.9. The zero-order chi connectivity index (χ0) is 13.1. The Hall–Kier alpha value is -2.43. The van der Waals surface area contributed by atoms with Crippen molar-refractivity contribution in [3.63, 3.8) is 0 Å². The molecular formula is C14H14N4O. The molecule has 1 aliphatic rings. The average Bonchev–Trinajstić information content (AvgIpc) is 3.25. The summed E-state index contributed by atoms with van der Waals surface area (Å²) in [5.41, 5.74) is 1.21. The zero-order valence-corrected chi connectivity index (χ0v) is 10.3. The monoisotopic (exact) mass is 254 g/mol. The van der Waals surface area contributed by atoms with Gasteiger partial charge in [-0.15, -0.1) is 0 Å². The van der Waals surface area contributed by atoms with Crippen molar-refractivity contribution in [2.45, 2.75) is 18.9 Å². The third-order valence-electron chi connectivity index (χ3n) is 2.86. The highest BCUT2D eigenvalue weighted by Gasteiger charge is 2.21. The molecule has 1 fully saturated rings. The Balaban J connectivity index is 1.65. The molecule has 1 amide bonds. The summed E-state index contributed by atoms with van der Waals surface area (Å²) in [6.45, 7) is 0. The SMILES string of the molecule is O=C(Nc1ccccc1)c1cnc(NC2CC2)nc1. The second-order valence-corrected chi connectivity index (χ2v) is 4.53. The van der Waals surface area contributed by atoms with E-state index in [2.05, 4.69) is 20.6 Å². The number of benzene rings is 1. The predicted octanol–water partition coefficient (Wildman–Crippen LogP) is 2.30. The summed E-state index contributed by atoms with van der Waals surface area (Å²) in [6, 6.07) is 9.81. The molecule has 5 heteroatoms. The fourth-order valence-electron chi connectivity index (χ4n) is 1.65. The summed E-state index contributed by atoms with van der Waals surface area (Å²) in [5, 5.41) is 5.97. The third kappa shape index (κ3) is 3.07. The first-order chi connectivity index (χ1) is 9.31. The molecule has 2 N–H and O–H groups in total. The molecule has 1 aromatic heterocycles. The van der Waals surface area contributed by atoms with Gasteiger partial charge in [0.25, 0.3) is 5.91 Å². The van der Waals surface area contributed by atoms with Crippen LogP contribution in [0.5, 0.6) is 0 Å². The highest BCUT2D eigenvalue weighted by atomic mass is 16.1. The molecule has 0 unspecified atom stereocenters. The van der Waals surface area contributed by atoms with Crippen molar-refractivity contribution in [1.82, 2.24) is 9.97 Å². The van der Waals surface area contributed by atoms with Crippen LogP contribution in [0, 0.1) is 0 Å². The topological polar surface area (TPSA) is 66.9 Å². The molecular weight excluding hydrogens is 240 g/mol. The minimum Gasteiger partial charge on any atom is -0.351 e. The van der Waals surface area contributed by atoms with Crippen molar-refractivity contribution in [3.8, 4) is 0 Å². The van der Waals surface area contributed by atoms with Gasteiger partial charge in [-0.05, 0) is 25.0 Å². The van der Waals surface area contributed by atoms with E-state index in [1.807, 2.05) is 30.3 Å². The average molecular weight is 254 g/mol. The Bertz CT molecular complexity index is 564. The summed E-state index contributed by atoms with van der Waals surface area (Å²) in [5.74, 6) is 0.378. The maximum Gasteiger partial charge on any atom is 0.258 e. The van der Waals surface area contributed by atoms with Crippen LogP contribution in [-0.2, 0) is 0 Å². The van der Waals surface area contributed by atoms with E-state index in [9.17, 15) is 4.79 Å². The molecule has 1 saturated carbocycles. The predicted molar refractivity (Wildman–Crippen MR) is 73.1 cm³/mol. The molecule has 3 rings (SSSR count). The first-order valence-corrected chi connectivity index (χ1v) is 6.26. The van der Waals surface area contributed by atoms with E-state index in [1.165, 1.54) is 25.2 Å². The number of rotatable bonds is 4. The molecule has 0 bridgehead atoms. The number of anilines is 2. The van der Waals surface area contributed by atoms with Crippen LogP contribution in [0.1, 0.15) is 23.2 Å². The zero-order valence-electron chi connectivity index (χ0n) is 10.3. The van der Waals surface area contributed by atoms with Crippen LogP contribution >= 0.6 is 0 Å². The van der Waals surface area contributed by atoms with Gasteiger partial charge in [-0.25, -0.2) is 9.97 Å². The van der Waals surface area contributed by atoms with Gasteiger partial charge in [0.2, 0.25) is 5.95 Å². The maximum atomic E-state index is 11.9. The Morgan fingerprint density at radius 1 is 1.11 bits per heavy atom. The minimum absolute atomic E-state index is 0.204. The molecule has 1 aromatic carbocycles. The summed E-state index contributed by atoms with van der Waals surface area (Å²) in [7, 11) is 0. The van der Waals surface area contributed by atoms with Gasteiger partial charge in [0.05, 0.1) is 5.56 Å². The van der Waals surface area contributed by atoms with Gasteiger partial charge in [0.15, 0.2) is 0 Å². The second-order valence-electron chi connectivity index (χ2n) is 4.53.